The molecule has 13 heteroatoms. The molecule has 210 valence electrons. The first kappa shape index (κ1) is 29.7. The minimum absolute atomic E-state index is 0.0480. The van der Waals surface area contributed by atoms with Gasteiger partial charge in [-0.05, 0) is 55.3 Å². The van der Waals surface area contributed by atoms with Crippen molar-refractivity contribution in [2.24, 2.45) is 11.7 Å². The first-order valence-corrected chi connectivity index (χ1v) is 13.8. The second-order valence-corrected chi connectivity index (χ2v) is 11.6. The number of nitro groups is 1. The van der Waals surface area contributed by atoms with Crippen LogP contribution in [0.25, 0.3) is 6.08 Å². The predicted octanol–water partition coefficient (Wildman–Crippen LogP) is 3.31. The Balaban J connectivity index is 2.19. The molecule has 3 rings (SSSR count). The van der Waals surface area contributed by atoms with E-state index in [1.54, 1.807) is 32.0 Å². The van der Waals surface area contributed by atoms with Crippen molar-refractivity contribution < 1.29 is 41.4 Å². The molecule has 1 unspecified atom stereocenters. The van der Waals surface area contributed by atoms with Gasteiger partial charge in [0.15, 0.2) is 11.5 Å². The summed E-state index contributed by atoms with van der Waals surface area (Å²) in [4.78, 5) is 36.7. The molecule has 0 spiro atoms. The van der Waals surface area contributed by atoms with Crippen molar-refractivity contribution in [2.45, 2.75) is 44.0 Å². The van der Waals surface area contributed by atoms with Crippen LogP contribution in [0, 0.1) is 16.0 Å². The van der Waals surface area contributed by atoms with Crippen LogP contribution in [-0.4, -0.2) is 60.1 Å². The number of sulfonamides is 1. The summed E-state index contributed by atoms with van der Waals surface area (Å²) < 4.78 is 37.8. The minimum atomic E-state index is -4.74. The molecule has 0 bridgehead atoms. The largest absolute Gasteiger partial charge is 0.477 e. The molecule has 2 atom stereocenters. The number of carbonyl (C=O) groups is 2. The first-order valence-electron chi connectivity index (χ1n) is 12.4. The van der Waals surface area contributed by atoms with E-state index in [-0.39, 0.29) is 38.4 Å². The van der Waals surface area contributed by atoms with E-state index in [4.69, 9.17) is 15.2 Å². The number of rotatable bonds is 13. The molecule has 0 saturated heterocycles. The van der Waals surface area contributed by atoms with Crippen molar-refractivity contribution in [1.82, 2.24) is 0 Å². The van der Waals surface area contributed by atoms with Gasteiger partial charge in [0.25, 0.3) is 5.69 Å². The number of hydrogen-bond acceptors (Lipinski definition) is 9. The molecule has 0 aromatic heterocycles. The van der Waals surface area contributed by atoms with E-state index in [1.807, 2.05) is 0 Å². The topological polar surface area (TPSA) is 176 Å². The zero-order valence-corrected chi connectivity index (χ0v) is 22.5. The lowest BCUT2D eigenvalue weighted by Gasteiger charge is -2.39. The monoisotopic (exact) mass is 562 g/mol. The highest BCUT2D eigenvalue weighted by Crippen LogP contribution is 2.35. The lowest BCUT2D eigenvalue weighted by atomic mass is 10.0. The van der Waals surface area contributed by atoms with Crippen LogP contribution in [0.5, 0.6) is 11.5 Å². The summed E-state index contributed by atoms with van der Waals surface area (Å²) in [7, 11) is -4.74. The molecular weight excluding hydrogens is 530 g/mol. The molecule has 2 aromatic carbocycles. The van der Waals surface area contributed by atoms with Gasteiger partial charge >= 0.3 is 21.9 Å². The normalized spacial score (nSPS) is 15.3. The van der Waals surface area contributed by atoms with Crippen molar-refractivity contribution in [1.29, 1.82) is 0 Å². The van der Waals surface area contributed by atoms with Gasteiger partial charge in [-0.25, -0.2) is 9.59 Å². The van der Waals surface area contributed by atoms with E-state index in [1.165, 1.54) is 6.08 Å². The lowest BCUT2D eigenvalue weighted by molar-refractivity contribution is -0.749. The molecule has 1 aliphatic rings. The molecule has 12 nitrogen and oxygen atoms in total. The number of carboxylic acid groups (broad SMARTS) is 1. The minimum Gasteiger partial charge on any atom is -0.477 e. The third-order valence-electron chi connectivity index (χ3n) is 6.32. The Kier molecular flexibility index (Phi) is 9.43. The van der Waals surface area contributed by atoms with Gasteiger partial charge in [0.1, 0.15) is 11.4 Å². The smallest absolute Gasteiger partial charge is 0.364 e. The third-order valence-corrected chi connectivity index (χ3v) is 8.63. The number of ether oxygens (including phenoxy) is 2. The van der Waals surface area contributed by atoms with Crippen LogP contribution in [0.1, 0.15) is 38.7 Å². The fourth-order valence-electron chi connectivity index (χ4n) is 4.53. The fraction of sp³-hybridized carbons (Fsp3) is 0.385. The second kappa shape index (κ2) is 12.4. The number of unbranched alkanes of at least 4 members (excludes halogenated alkanes) is 1. The van der Waals surface area contributed by atoms with Crippen LogP contribution in [0.3, 0.4) is 0 Å². The Bertz CT molecular complexity index is 1360. The van der Waals surface area contributed by atoms with Crippen LogP contribution in [0.15, 0.2) is 53.4 Å². The van der Waals surface area contributed by atoms with Crippen molar-refractivity contribution in [2.75, 3.05) is 19.9 Å². The van der Waals surface area contributed by atoms with Crippen LogP contribution in [0.4, 0.5) is 5.69 Å². The zero-order chi connectivity index (χ0) is 28.8. The maximum absolute atomic E-state index is 14.3. The number of non-ortho nitro benzene ring substituents is 1. The summed E-state index contributed by atoms with van der Waals surface area (Å²) in [6.07, 6.45) is 3.03. The Hall–Kier alpha value is -3.81. The summed E-state index contributed by atoms with van der Waals surface area (Å²) in [6, 6.07) is 7.31. The number of amides is 1. The van der Waals surface area contributed by atoms with Crippen molar-refractivity contribution in [3.63, 3.8) is 0 Å². The molecule has 1 amide bonds. The van der Waals surface area contributed by atoms with E-state index in [2.05, 4.69) is 0 Å². The average Bonchev–Trinajstić information content (AvgIpc) is 3.36. The zero-order valence-electron chi connectivity index (χ0n) is 21.7. The Morgan fingerprint density at radius 2 is 1.79 bits per heavy atom. The predicted molar refractivity (Wildman–Crippen MR) is 141 cm³/mol. The van der Waals surface area contributed by atoms with E-state index in [0.29, 0.717) is 23.5 Å². The standard InChI is InChI=1S/C26H31N3O9S/c1-18(2)16-29(22(26(31)32)5-3-4-14-27,39(35,36)21-10-8-20(9-11-21)28(33)34)25(30)13-7-19-6-12-23-24(15-19)38-17-37-23/h6-13,15,18,22H,3-5,14,16-17,27H2,1-2H3/p+1/t22-,29?/m0/s1. The quantitative estimate of drug-likeness (QED) is 0.121. The van der Waals surface area contributed by atoms with E-state index in [9.17, 15) is 33.2 Å². The molecule has 0 saturated carbocycles. The van der Waals surface area contributed by atoms with Crippen molar-refractivity contribution in [3.8, 4) is 11.5 Å². The van der Waals surface area contributed by atoms with Crippen LogP contribution in [-0.2, 0) is 19.6 Å². The first-order chi connectivity index (χ1) is 18.4. The SMILES string of the molecule is CC(C)C[N+](C(=O)C=Cc1ccc2c(c1)OCO2)([C@@H](CCCCN)C(=O)O)S(=O)(=O)c1ccc([N+](=O)[O-])cc1. The number of quaternary nitrogens is 1. The van der Waals surface area contributed by atoms with Gasteiger partial charge < -0.3 is 20.3 Å². The fourth-order valence-corrected chi connectivity index (χ4v) is 6.71. The molecule has 1 aliphatic heterocycles. The lowest BCUT2D eigenvalue weighted by Crippen LogP contribution is -2.65. The number of carbonyl (C=O) groups excluding carboxylic acids is 1. The van der Waals surface area contributed by atoms with Crippen LogP contribution in [0.2, 0.25) is 0 Å². The summed E-state index contributed by atoms with van der Waals surface area (Å²) in [6.45, 7) is 3.34. The molecule has 39 heavy (non-hydrogen) atoms. The third kappa shape index (κ3) is 6.27. The summed E-state index contributed by atoms with van der Waals surface area (Å²) in [5, 5.41) is 21.4. The highest BCUT2D eigenvalue weighted by atomic mass is 32.2. The van der Waals surface area contributed by atoms with Gasteiger partial charge in [-0.1, -0.05) is 19.9 Å². The van der Waals surface area contributed by atoms with Gasteiger partial charge in [0.2, 0.25) is 12.8 Å². The Morgan fingerprint density at radius 3 is 2.38 bits per heavy atom. The molecular formula is C26H32N3O9S+. The molecule has 2 aromatic rings. The van der Waals surface area contributed by atoms with Gasteiger partial charge in [-0.15, -0.1) is 3.89 Å². The van der Waals surface area contributed by atoms with E-state index in [0.717, 1.165) is 30.3 Å². The number of benzene rings is 2. The number of nitro benzene ring substituents is 1. The number of nitrogens with two attached hydrogens (primary N) is 1. The number of aliphatic carboxylic acids is 1. The highest BCUT2D eigenvalue weighted by molar-refractivity contribution is 7.86. The Morgan fingerprint density at radius 1 is 1.13 bits per heavy atom. The summed E-state index contributed by atoms with van der Waals surface area (Å²) in [5.41, 5.74) is 5.75. The number of hydrogen-bond donors (Lipinski definition) is 2. The van der Waals surface area contributed by atoms with Crippen molar-refractivity contribution >= 4 is 33.7 Å². The van der Waals surface area contributed by atoms with Gasteiger partial charge in [0, 0.05) is 30.5 Å². The molecule has 0 radical (unpaired) electrons. The molecule has 0 aliphatic carbocycles. The molecule has 3 N–H and O–H groups in total. The van der Waals surface area contributed by atoms with Crippen LogP contribution >= 0.6 is 0 Å². The maximum atomic E-state index is 14.3. The average molecular weight is 563 g/mol. The van der Waals surface area contributed by atoms with Gasteiger partial charge in [-0.3, -0.25) is 10.1 Å². The number of nitrogens with zero attached hydrogens (tertiary/aromatic N) is 2. The van der Waals surface area contributed by atoms with Crippen LogP contribution < -0.4 is 15.2 Å². The molecule has 0 fully saturated rings. The van der Waals surface area contributed by atoms with Crippen molar-refractivity contribution in [3.05, 3.63) is 64.2 Å². The summed E-state index contributed by atoms with van der Waals surface area (Å²) in [5.74, 6) is -1.86. The second-order valence-electron chi connectivity index (χ2n) is 9.52. The maximum Gasteiger partial charge on any atom is 0.364 e. The molecule has 1 heterocycles. The number of carboxylic acids is 1. The van der Waals surface area contributed by atoms with Gasteiger partial charge in [0.05, 0.1) is 4.92 Å². The number of fused-ring (bicyclic) bond motifs is 1. The Labute approximate surface area is 226 Å². The highest BCUT2D eigenvalue weighted by Gasteiger charge is 2.57. The van der Waals surface area contributed by atoms with E-state index >= 15 is 0 Å². The van der Waals surface area contributed by atoms with Gasteiger partial charge in [-0.2, -0.15) is 8.42 Å². The summed E-state index contributed by atoms with van der Waals surface area (Å²) >= 11 is 0. The van der Waals surface area contributed by atoms with E-state index < -0.39 is 47.6 Å².